The molecule has 0 heterocycles. The Morgan fingerprint density at radius 1 is 1.50 bits per heavy atom. The summed E-state index contributed by atoms with van der Waals surface area (Å²) in [6.45, 7) is 7.74. The van der Waals surface area contributed by atoms with E-state index in [1.807, 2.05) is 20.0 Å². The van der Waals surface area contributed by atoms with Crippen molar-refractivity contribution in [1.82, 2.24) is 4.90 Å². The minimum Gasteiger partial charge on any atom is -0.466 e. The summed E-state index contributed by atoms with van der Waals surface area (Å²) in [6.07, 6.45) is 4.53. The third kappa shape index (κ3) is 7.80. The number of carbonyl (C=O) groups is 1. The van der Waals surface area contributed by atoms with Crippen LogP contribution >= 0.6 is 0 Å². The van der Waals surface area contributed by atoms with E-state index in [0.29, 0.717) is 13.0 Å². The molecule has 0 N–H and O–H groups in total. The van der Waals surface area contributed by atoms with Crippen LogP contribution in [0.1, 0.15) is 26.2 Å². The summed E-state index contributed by atoms with van der Waals surface area (Å²) < 4.78 is 4.84. The lowest BCUT2D eigenvalue weighted by molar-refractivity contribution is -0.143. The van der Waals surface area contributed by atoms with Gasteiger partial charge in [0.1, 0.15) is 0 Å². The molecule has 0 aliphatic carbocycles. The zero-order valence-corrected chi connectivity index (χ0v) is 9.29. The molecule has 0 saturated carbocycles. The van der Waals surface area contributed by atoms with Crippen LogP contribution in [0.2, 0.25) is 0 Å². The lowest BCUT2D eigenvalue weighted by Gasteiger charge is -2.14. The highest BCUT2D eigenvalue weighted by atomic mass is 16.5. The Morgan fingerprint density at radius 3 is 2.79 bits per heavy atom. The third-order valence-corrected chi connectivity index (χ3v) is 1.95. The Bertz CT molecular complexity index is 169. The van der Waals surface area contributed by atoms with Crippen LogP contribution in [0.25, 0.3) is 0 Å². The zero-order valence-electron chi connectivity index (χ0n) is 9.29. The quantitative estimate of drug-likeness (QED) is 0.339. The average Bonchev–Trinajstić information content (AvgIpc) is 2.16. The van der Waals surface area contributed by atoms with Gasteiger partial charge < -0.3 is 9.64 Å². The van der Waals surface area contributed by atoms with Gasteiger partial charge in [-0.05, 0) is 33.4 Å². The van der Waals surface area contributed by atoms with E-state index in [4.69, 9.17) is 4.74 Å². The predicted octanol–water partition coefficient (Wildman–Crippen LogP) is 1.84. The monoisotopic (exact) mass is 199 g/mol. The molecule has 0 atom stereocenters. The van der Waals surface area contributed by atoms with Gasteiger partial charge in [-0.3, -0.25) is 4.79 Å². The van der Waals surface area contributed by atoms with Crippen molar-refractivity contribution in [1.29, 1.82) is 0 Å². The SMILES string of the molecule is C=CCCCN(C)CCC(=O)OCC. The highest BCUT2D eigenvalue weighted by molar-refractivity contribution is 5.69. The van der Waals surface area contributed by atoms with Gasteiger partial charge in [0.05, 0.1) is 13.0 Å². The number of carbonyl (C=O) groups excluding carboxylic acids is 1. The predicted molar refractivity (Wildman–Crippen MR) is 58.2 cm³/mol. The number of rotatable bonds is 8. The summed E-state index contributed by atoms with van der Waals surface area (Å²) in [6, 6.07) is 0. The number of ether oxygens (including phenoxy) is 1. The molecule has 0 aliphatic heterocycles. The zero-order chi connectivity index (χ0) is 10.8. The molecule has 0 aliphatic rings. The fraction of sp³-hybridized carbons (Fsp3) is 0.727. The Kier molecular flexibility index (Phi) is 8.24. The third-order valence-electron chi connectivity index (χ3n) is 1.95. The van der Waals surface area contributed by atoms with Crippen LogP contribution in [0.3, 0.4) is 0 Å². The highest BCUT2D eigenvalue weighted by Crippen LogP contribution is 1.95. The second-order valence-corrected chi connectivity index (χ2v) is 3.29. The molecule has 0 spiro atoms. The van der Waals surface area contributed by atoms with Crippen LogP contribution in [0.4, 0.5) is 0 Å². The largest absolute Gasteiger partial charge is 0.466 e. The van der Waals surface area contributed by atoms with E-state index in [1.165, 1.54) is 0 Å². The molecule has 14 heavy (non-hydrogen) atoms. The van der Waals surface area contributed by atoms with E-state index >= 15 is 0 Å². The second-order valence-electron chi connectivity index (χ2n) is 3.29. The lowest BCUT2D eigenvalue weighted by Crippen LogP contribution is -2.23. The van der Waals surface area contributed by atoms with Crippen LogP contribution in [0, 0.1) is 0 Å². The van der Waals surface area contributed by atoms with Crippen LogP contribution in [0.5, 0.6) is 0 Å². The summed E-state index contributed by atoms with van der Waals surface area (Å²) >= 11 is 0. The molecule has 0 aromatic rings. The van der Waals surface area contributed by atoms with Crippen molar-refractivity contribution in [2.75, 3.05) is 26.7 Å². The molecular weight excluding hydrogens is 178 g/mol. The summed E-state index contributed by atoms with van der Waals surface area (Å²) in [7, 11) is 2.02. The van der Waals surface area contributed by atoms with Crippen LogP contribution in [0.15, 0.2) is 12.7 Å². The molecular formula is C11H21NO2. The van der Waals surface area contributed by atoms with Gasteiger partial charge in [-0.15, -0.1) is 6.58 Å². The molecule has 0 radical (unpaired) electrons. The highest BCUT2D eigenvalue weighted by Gasteiger charge is 2.03. The van der Waals surface area contributed by atoms with E-state index in [0.717, 1.165) is 25.9 Å². The number of hydrogen-bond acceptors (Lipinski definition) is 3. The molecule has 0 unspecified atom stereocenters. The first-order chi connectivity index (χ1) is 6.70. The number of unbranched alkanes of at least 4 members (excludes halogenated alkanes) is 1. The smallest absolute Gasteiger partial charge is 0.307 e. The first kappa shape index (κ1) is 13.2. The van der Waals surface area contributed by atoms with Crippen molar-refractivity contribution in [3.63, 3.8) is 0 Å². The van der Waals surface area contributed by atoms with Gasteiger partial charge in [0, 0.05) is 6.54 Å². The standard InChI is InChI=1S/C11H21NO2/c1-4-6-7-9-12(3)10-8-11(13)14-5-2/h4H,1,5-10H2,2-3H3. The summed E-state index contributed by atoms with van der Waals surface area (Å²) in [4.78, 5) is 13.2. The van der Waals surface area contributed by atoms with Crippen molar-refractivity contribution in [3.8, 4) is 0 Å². The number of allylic oxidation sites excluding steroid dienone is 1. The van der Waals surface area contributed by atoms with Crippen LogP contribution in [-0.4, -0.2) is 37.6 Å². The minimum absolute atomic E-state index is 0.108. The number of nitrogens with zero attached hydrogens (tertiary/aromatic N) is 1. The topological polar surface area (TPSA) is 29.5 Å². The van der Waals surface area contributed by atoms with Gasteiger partial charge in [-0.25, -0.2) is 0 Å². The van der Waals surface area contributed by atoms with E-state index in [1.54, 1.807) is 0 Å². The van der Waals surface area contributed by atoms with Crippen molar-refractivity contribution in [2.45, 2.75) is 26.2 Å². The van der Waals surface area contributed by atoms with Gasteiger partial charge in [0.25, 0.3) is 0 Å². The summed E-state index contributed by atoms with van der Waals surface area (Å²) in [5.74, 6) is -0.108. The number of hydrogen-bond donors (Lipinski definition) is 0. The van der Waals surface area contributed by atoms with Crippen molar-refractivity contribution in [2.24, 2.45) is 0 Å². The van der Waals surface area contributed by atoms with Gasteiger partial charge in [0.2, 0.25) is 0 Å². The first-order valence-electron chi connectivity index (χ1n) is 5.15. The fourth-order valence-corrected chi connectivity index (χ4v) is 1.13. The molecule has 0 bridgehead atoms. The van der Waals surface area contributed by atoms with E-state index in [9.17, 15) is 4.79 Å². The average molecular weight is 199 g/mol. The summed E-state index contributed by atoms with van der Waals surface area (Å²) in [5, 5.41) is 0. The van der Waals surface area contributed by atoms with Gasteiger partial charge in [-0.2, -0.15) is 0 Å². The molecule has 0 fully saturated rings. The van der Waals surface area contributed by atoms with Gasteiger partial charge in [0.15, 0.2) is 0 Å². The Labute approximate surface area is 86.7 Å². The minimum atomic E-state index is -0.108. The van der Waals surface area contributed by atoms with E-state index in [-0.39, 0.29) is 5.97 Å². The van der Waals surface area contributed by atoms with Crippen molar-refractivity contribution < 1.29 is 9.53 Å². The van der Waals surface area contributed by atoms with Crippen LogP contribution < -0.4 is 0 Å². The molecule has 3 heteroatoms. The Balaban J connectivity index is 3.38. The fourth-order valence-electron chi connectivity index (χ4n) is 1.13. The molecule has 0 amide bonds. The second kappa shape index (κ2) is 8.75. The molecule has 0 aromatic heterocycles. The molecule has 82 valence electrons. The van der Waals surface area contributed by atoms with Crippen molar-refractivity contribution in [3.05, 3.63) is 12.7 Å². The Morgan fingerprint density at radius 2 is 2.21 bits per heavy atom. The number of esters is 1. The van der Waals surface area contributed by atoms with Crippen molar-refractivity contribution >= 4 is 5.97 Å². The maximum atomic E-state index is 11.0. The molecule has 0 aromatic carbocycles. The van der Waals surface area contributed by atoms with Gasteiger partial charge in [-0.1, -0.05) is 6.08 Å². The summed E-state index contributed by atoms with van der Waals surface area (Å²) in [5.41, 5.74) is 0. The normalized spacial score (nSPS) is 10.2. The van der Waals surface area contributed by atoms with E-state index in [2.05, 4.69) is 11.5 Å². The van der Waals surface area contributed by atoms with Gasteiger partial charge >= 0.3 is 5.97 Å². The van der Waals surface area contributed by atoms with Crippen LogP contribution in [-0.2, 0) is 9.53 Å². The lowest BCUT2D eigenvalue weighted by atomic mass is 10.3. The maximum Gasteiger partial charge on any atom is 0.307 e. The molecule has 0 rings (SSSR count). The molecule has 3 nitrogen and oxygen atoms in total. The molecule has 0 saturated heterocycles. The Hall–Kier alpha value is -0.830. The maximum absolute atomic E-state index is 11.0. The van der Waals surface area contributed by atoms with E-state index < -0.39 is 0 Å². The first-order valence-corrected chi connectivity index (χ1v) is 5.15.